The van der Waals surface area contributed by atoms with E-state index in [4.69, 9.17) is 16.7 Å². The van der Waals surface area contributed by atoms with Gasteiger partial charge in [-0.1, -0.05) is 17.7 Å². The summed E-state index contributed by atoms with van der Waals surface area (Å²) in [5.41, 5.74) is 0.730. The van der Waals surface area contributed by atoms with Crippen LogP contribution in [0.15, 0.2) is 6.07 Å². The van der Waals surface area contributed by atoms with Crippen LogP contribution >= 0.6 is 11.6 Å². The molecule has 15 heavy (non-hydrogen) atoms. The van der Waals surface area contributed by atoms with Crippen molar-refractivity contribution >= 4 is 23.4 Å². The van der Waals surface area contributed by atoms with Crippen LogP contribution in [-0.4, -0.2) is 22.0 Å². The van der Waals surface area contributed by atoms with Gasteiger partial charge < -0.3 is 10.2 Å². The Morgan fingerprint density at radius 2 is 1.80 bits per heavy atom. The zero-order valence-corrected chi connectivity index (χ0v) is 8.92. The lowest BCUT2D eigenvalue weighted by Gasteiger charge is -2.09. The Hall–Kier alpha value is -1.55. The van der Waals surface area contributed by atoms with E-state index in [2.05, 4.69) is 0 Å². The minimum atomic E-state index is -1.62. The number of halogens is 1. The fourth-order valence-corrected chi connectivity index (χ4v) is 1.49. The first-order chi connectivity index (χ1) is 6.86. The minimum Gasteiger partial charge on any atom is -0.506 e. The highest BCUT2D eigenvalue weighted by Crippen LogP contribution is 2.33. The van der Waals surface area contributed by atoms with Gasteiger partial charge in [-0.2, -0.15) is 0 Å². The van der Waals surface area contributed by atoms with Crippen molar-refractivity contribution in [1.29, 1.82) is 0 Å². The number of aromatic hydroxyl groups is 1. The first kappa shape index (κ1) is 11.5. The average molecular weight is 229 g/mol. The van der Waals surface area contributed by atoms with Crippen molar-refractivity contribution < 1.29 is 19.8 Å². The Kier molecular flexibility index (Phi) is 3.00. The van der Waals surface area contributed by atoms with Crippen LogP contribution in [0.4, 0.5) is 0 Å². The van der Waals surface area contributed by atoms with E-state index < -0.39 is 17.5 Å². The number of carbonyl (C=O) groups excluding carboxylic acids is 1. The number of hydrogen-bond acceptors (Lipinski definition) is 3. The highest BCUT2D eigenvalue weighted by atomic mass is 35.5. The molecular weight excluding hydrogens is 220 g/mol. The molecule has 0 aliphatic carbocycles. The molecule has 0 aromatic heterocycles. The topological polar surface area (TPSA) is 74.6 Å². The fraction of sp³-hybridized carbons (Fsp3) is 0.200. The summed E-state index contributed by atoms with van der Waals surface area (Å²) < 4.78 is 0. The van der Waals surface area contributed by atoms with Gasteiger partial charge in [0, 0.05) is 0 Å². The fourth-order valence-electron chi connectivity index (χ4n) is 1.34. The summed E-state index contributed by atoms with van der Waals surface area (Å²) in [4.78, 5) is 21.7. The number of carbonyl (C=O) groups is 2. The smallest absolute Gasteiger partial charge is 0.377 e. The molecule has 5 heteroatoms. The molecule has 0 amide bonds. The van der Waals surface area contributed by atoms with E-state index in [9.17, 15) is 14.7 Å². The Morgan fingerprint density at radius 1 is 1.27 bits per heavy atom. The van der Waals surface area contributed by atoms with Crippen LogP contribution < -0.4 is 0 Å². The molecule has 80 valence electrons. The normalized spacial score (nSPS) is 10.1. The van der Waals surface area contributed by atoms with Crippen molar-refractivity contribution in [3.8, 4) is 5.75 Å². The summed E-state index contributed by atoms with van der Waals surface area (Å²) in [6.45, 7) is 3.20. The van der Waals surface area contributed by atoms with Gasteiger partial charge in [-0.15, -0.1) is 0 Å². The van der Waals surface area contributed by atoms with Crippen LogP contribution in [0.2, 0.25) is 5.02 Å². The molecule has 0 heterocycles. The van der Waals surface area contributed by atoms with Crippen molar-refractivity contribution in [2.45, 2.75) is 13.8 Å². The van der Waals surface area contributed by atoms with Gasteiger partial charge in [-0.05, 0) is 25.0 Å². The monoisotopic (exact) mass is 228 g/mol. The van der Waals surface area contributed by atoms with Gasteiger partial charge >= 0.3 is 5.97 Å². The quantitative estimate of drug-likeness (QED) is 0.599. The third-order valence-corrected chi connectivity index (χ3v) is 2.52. The second kappa shape index (κ2) is 3.90. The zero-order chi connectivity index (χ0) is 11.7. The molecule has 4 nitrogen and oxygen atoms in total. The number of benzene rings is 1. The summed E-state index contributed by atoms with van der Waals surface area (Å²) in [6.07, 6.45) is 0. The van der Waals surface area contributed by atoms with E-state index in [1.54, 1.807) is 19.9 Å². The Bertz CT molecular complexity index is 451. The number of hydrogen-bond donors (Lipinski definition) is 2. The van der Waals surface area contributed by atoms with Gasteiger partial charge in [0.15, 0.2) is 0 Å². The third-order valence-electron chi connectivity index (χ3n) is 2.04. The molecular formula is C10H9ClO4. The predicted molar refractivity (Wildman–Crippen MR) is 54.6 cm³/mol. The summed E-state index contributed by atoms with van der Waals surface area (Å²) >= 11 is 5.71. The largest absolute Gasteiger partial charge is 0.506 e. The SMILES string of the molecule is Cc1cc(C)c(C(=O)C(=O)O)c(O)c1Cl. The first-order valence-electron chi connectivity index (χ1n) is 4.12. The number of rotatable bonds is 2. The molecule has 0 radical (unpaired) electrons. The van der Waals surface area contributed by atoms with E-state index >= 15 is 0 Å². The second-order valence-corrected chi connectivity index (χ2v) is 3.56. The third kappa shape index (κ3) is 1.94. The maximum absolute atomic E-state index is 11.2. The molecule has 1 aromatic carbocycles. The molecule has 0 saturated carbocycles. The van der Waals surface area contributed by atoms with Crippen LogP contribution in [-0.2, 0) is 4.79 Å². The zero-order valence-electron chi connectivity index (χ0n) is 8.17. The summed E-state index contributed by atoms with van der Waals surface area (Å²) in [6, 6.07) is 1.55. The number of ketones is 1. The molecule has 0 aliphatic rings. The molecule has 0 unspecified atom stereocenters. The second-order valence-electron chi connectivity index (χ2n) is 3.18. The number of phenolic OH excluding ortho intramolecular Hbond substituents is 1. The average Bonchev–Trinajstić information content (AvgIpc) is 2.14. The Labute approximate surface area is 91.1 Å². The molecule has 0 atom stereocenters. The Balaban J connectivity index is 3.49. The lowest BCUT2D eigenvalue weighted by Crippen LogP contribution is -2.14. The number of Topliss-reactive ketones (excluding diaryl/α,β-unsaturated/α-hetero) is 1. The van der Waals surface area contributed by atoms with Crippen molar-refractivity contribution in [2.75, 3.05) is 0 Å². The van der Waals surface area contributed by atoms with E-state index in [1.807, 2.05) is 0 Å². The van der Waals surface area contributed by atoms with Crippen LogP contribution in [0.5, 0.6) is 5.75 Å². The Morgan fingerprint density at radius 3 is 2.27 bits per heavy atom. The van der Waals surface area contributed by atoms with Crippen molar-refractivity contribution in [1.82, 2.24) is 0 Å². The van der Waals surface area contributed by atoms with Gasteiger partial charge in [-0.25, -0.2) is 4.79 Å². The van der Waals surface area contributed by atoms with Crippen molar-refractivity contribution in [3.05, 3.63) is 27.8 Å². The van der Waals surface area contributed by atoms with Crippen molar-refractivity contribution in [2.24, 2.45) is 0 Å². The molecule has 0 bridgehead atoms. The molecule has 0 fully saturated rings. The van der Waals surface area contributed by atoms with E-state index in [1.165, 1.54) is 0 Å². The van der Waals surface area contributed by atoms with Crippen LogP contribution in [0, 0.1) is 13.8 Å². The highest BCUT2D eigenvalue weighted by molar-refractivity contribution is 6.42. The van der Waals surface area contributed by atoms with Crippen molar-refractivity contribution in [3.63, 3.8) is 0 Å². The van der Waals surface area contributed by atoms with E-state index in [0.29, 0.717) is 11.1 Å². The molecule has 0 saturated heterocycles. The van der Waals surface area contributed by atoms with Crippen LogP contribution in [0.1, 0.15) is 21.5 Å². The standard InChI is InChI=1S/C10H9ClO4/c1-4-3-5(2)7(11)8(12)6(4)9(13)10(14)15/h3,12H,1-2H3,(H,14,15). The lowest BCUT2D eigenvalue weighted by molar-refractivity contribution is -0.131. The number of aryl methyl sites for hydroxylation is 2. The van der Waals surface area contributed by atoms with Gasteiger partial charge in [0.2, 0.25) is 0 Å². The summed E-state index contributed by atoms with van der Waals surface area (Å²) in [7, 11) is 0. The van der Waals surface area contributed by atoms with Gasteiger partial charge in [-0.3, -0.25) is 4.79 Å². The lowest BCUT2D eigenvalue weighted by atomic mass is 10.0. The number of aliphatic carboxylic acids is 1. The van der Waals surface area contributed by atoms with Gasteiger partial charge in [0.25, 0.3) is 5.78 Å². The van der Waals surface area contributed by atoms with E-state index in [-0.39, 0.29) is 10.6 Å². The predicted octanol–water partition coefficient (Wildman–Crippen LogP) is 1.93. The minimum absolute atomic E-state index is 0.00481. The number of carboxylic acid groups (broad SMARTS) is 1. The maximum Gasteiger partial charge on any atom is 0.377 e. The number of phenols is 1. The van der Waals surface area contributed by atoms with E-state index in [0.717, 1.165) is 0 Å². The first-order valence-corrected chi connectivity index (χ1v) is 4.50. The highest BCUT2D eigenvalue weighted by Gasteiger charge is 2.23. The molecule has 0 aliphatic heterocycles. The molecule has 2 N–H and O–H groups in total. The summed E-state index contributed by atoms with van der Waals surface area (Å²) in [5, 5.41) is 18.1. The summed E-state index contributed by atoms with van der Waals surface area (Å²) in [5.74, 6) is -3.25. The molecule has 0 spiro atoms. The van der Waals surface area contributed by atoms with Gasteiger partial charge in [0.1, 0.15) is 5.75 Å². The molecule has 1 rings (SSSR count). The van der Waals surface area contributed by atoms with Crippen LogP contribution in [0.25, 0.3) is 0 Å². The van der Waals surface area contributed by atoms with Gasteiger partial charge in [0.05, 0.1) is 10.6 Å². The maximum atomic E-state index is 11.2. The van der Waals surface area contributed by atoms with Crippen LogP contribution in [0.3, 0.4) is 0 Å². The number of carboxylic acids is 1. The molecule has 1 aromatic rings.